The van der Waals surface area contributed by atoms with Gasteiger partial charge in [-0.25, -0.2) is 0 Å². The van der Waals surface area contributed by atoms with Crippen LogP contribution in [0, 0.1) is 11.8 Å². The molecular formula is C19H30N2O. The third-order valence-electron chi connectivity index (χ3n) is 4.50. The second-order valence-electron chi connectivity index (χ2n) is 6.72. The summed E-state index contributed by atoms with van der Waals surface area (Å²) in [6, 6.07) is 7.56. The zero-order valence-corrected chi connectivity index (χ0v) is 14.0. The third-order valence-corrected chi connectivity index (χ3v) is 4.50. The molecule has 0 aromatic heterocycles. The Morgan fingerprint density at radius 2 is 2.05 bits per heavy atom. The van der Waals surface area contributed by atoms with Crippen molar-refractivity contribution in [3.8, 4) is 5.75 Å². The number of nitrogens with zero attached hydrogens (tertiary/aromatic N) is 1. The van der Waals surface area contributed by atoms with Crippen molar-refractivity contribution in [2.24, 2.45) is 11.8 Å². The smallest absolute Gasteiger partial charge is 0.115 e. The van der Waals surface area contributed by atoms with Crippen molar-refractivity contribution < 1.29 is 5.11 Å². The van der Waals surface area contributed by atoms with Crippen LogP contribution in [0.1, 0.15) is 38.7 Å². The number of likely N-dealkylation sites (tertiary alicyclic amines) is 1. The van der Waals surface area contributed by atoms with E-state index in [0.29, 0.717) is 17.6 Å². The predicted octanol–water partition coefficient (Wildman–Crippen LogP) is 3.75. The number of hydrogen-bond donors (Lipinski definition) is 2. The van der Waals surface area contributed by atoms with Gasteiger partial charge in [-0.05, 0) is 42.4 Å². The average Bonchev–Trinajstić information content (AvgIpc) is 2.47. The van der Waals surface area contributed by atoms with Gasteiger partial charge in [0, 0.05) is 19.6 Å². The number of nitrogens with one attached hydrogen (secondary N) is 1. The predicted molar refractivity (Wildman–Crippen MR) is 92.7 cm³/mol. The van der Waals surface area contributed by atoms with Gasteiger partial charge < -0.3 is 15.3 Å². The van der Waals surface area contributed by atoms with Crippen LogP contribution in [0.4, 0.5) is 0 Å². The summed E-state index contributed by atoms with van der Waals surface area (Å²) >= 11 is 0. The molecule has 1 unspecified atom stereocenters. The first-order chi connectivity index (χ1) is 10.6. The highest BCUT2D eigenvalue weighted by Gasteiger charge is 2.27. The van der Waals surface area contributed by atoms with E-state index in [1.807, 2.05) is 12.1 Å². The lowest BCUT2D eigenvalue weighted by atomic mass is 9.92. The van der Waals surface area contributed by atoms with E-state index in [1.54, 1.807) is 12.1 Å². The van der Waals surface area contributed by atoms with Crippen LogP contribution in [0.2, 0.25) is 0 Å². The van der Waals surface area contributed by atoms with Crippen molar-refractivity contribution in [2.75, 3.05) is 19.6 Å². The van der Waals surface area contributed by atoms with E-state index in [1.165, 1.54) is 24.8 Å². The number of aromatic hydroxyl groups is 1. The first-order valence-corrected chi connectivity index (χ1v) is 8.54. The standard InChI is InChI=1S/C19H30N2O/c1-4-5-6-15(2)12-20-16(3)21-13-18(14-21)11-17-7-9-19(22)10-8-17/h7-10,15,18,20,22H,3-6,11-14H2,1-2H3. The fraction of sp³-hybridized carbons (Fsp3) is 0.579. The van der Waals surface area contributed by atoms with Gasteiger partial charge in [-0.15, -0.1) is 0 Å². The van der Waals surface area contributed by atoms with Crippen LogP contribution in [0.25, 0.3) is 0 Å². The minimum Gasteiger partial charge on any atom is -0.508 e. The normalized spacial score (nSPS) is 16.2. The van der Waals surface area contributed by atoms with Crippen molar-refractivity contribution in [3.63, 3.8) is 0 Å². The monoisotopic (exact) mass is 302 g/mol. The molecule has 0 bridgehead atoms. The average molecular weight is 302 g/mol. The summed E-state index contributed by atoms with van der Waals surface area (Å²) in [4.78, 5) is 2.33. The molecule has 22 heavy (non-hydrogen) atoms. The molecule has 0 spiro atoms. The lowest BCUT2D eigenvalue weighted by Gasteiger charge is -2.42. The molecule has 3 heteroatoms. The Hall–Kier alpha value is -1.64. The molecule has 1 fully saturated rings. The maximum absolute atomic E-state index is 9.31. The Kier molecular flexibility index (Phi) is 6.17. The van der Waals surface area contributed by atoms with Crippen molar-refractivity contribution in [1.82, 2.24) is 10.2 Å². The maximum Gasteiger partial charge on any atom is 0.115 e. The topological polar surface area (TPSA) is 35.5 Å². The third kappa shape index (κ3) is 4.97. The van der Waals surface area contributed by atoms with Gasteiger partial charge in [-0.2, -0.15) is 0 Å². The number of hydrogen-bond acceptors (Lipinski definition) is 3. The first kappa shape index (κ1) is 16.7. The quantitative estimate of drug-likeness (QED) is 0.729. The lowest BCUT2D eigenvalue weighted by molar-refractivity contribution is 0.132. The van der Waals surface area contributed by atoms with Crippen molar-refractivity contribution in [2.45, 2.75) is 39.5 Å². The maximum atomic E-state index is 9.31. The highest BCUT2D eigenvalue weighted by molar-refractivity contribution is 5.26. The Bertz CT molecular complexity index is 463. The Balaban J connectivity index is 1.63. The molecule has 1 saturated heterocycles. The van der Waals surface area contributed by atoms with Gasteiger partial charge in [0.1, 0.15) is 5.75 Å². The fourth-order valence-electron chi connectivity index (χ4n) is 2.94. The van der Waals surface area contributed by atoms with E-state index in [0.717, 1.165) is 31.9 Å². The van der Waals surface area contributed by atoms with Crippen LogP contribution in [-0.2, 0) is 6.42 Å². The Morgan fingerprint density at radius 1 is 1.36 bits per heavy atom. The van der Waals surface area contributed by atoms with Crippen LogP contribution in [-0.4, -0.2) is 29.6 Å². The number of phenols is 1. The van der Waals surface area contributed by atoms with Gasteiger partial charge in [0.2, 0.25) is 0 Å². The van der Waals surface area contributed by atoms with Crippen molar-refractivity contribution >= 4 is 0 Å². The second-order valence-corrected chi connectivity index (χ2v) is 6.72. The fourth-order valence-corrected chi connectivity index (χ4v) is 2.94. The van der Waals surface area contributed by atoms with E-state index < -0.39 is 0 Å². The SMILES string of the molecule is C=C(NCC(C)CCCC)N1CC(Cc2ccc(O)cc2)C1. The molecule has 0 amide bonds. The Morgan fingerprint density at radius 3 is 2.68 bits per heavy atom. The number of rotatable bonds is 9. The van der Waals surface area contributed by atoms with Gasteiger partial charge in [0.15, 0.2) is 0 Å². The van der Waals surface area contributed by atoms with E-state index >= 15 is 0 Å². The molecule has 3 nitrogen and oxygen atoms in total. The van der Waals surface area contributed by atoms with Gasteiger partial charge in [-0.1, -0.05) is 45.4 Å². The van der Waals surface area contributed by atoms with Crippen LogP contribution >= 0.6 is 0 Å². The molecular weight excluding hydrogens is 272 g/mol. The van der Waals surface area contributed by atoms with Crippen molar-refractivity contribution in [3.05, 3.63) is 42.2 Å². The Labute approximate surface area is 135 Å². The van der Waals surface area contributed by atoms with Gasteiger partial charge in [0.25, 0.3) is 0 Å². The van der Waals surface area contributed by atoms with Crippen LogP contribution < -0.4 is 5.32 Å². The molecule has 0 radical (unpaired) electrons. The van der Waals surface area contributed by atoms with Crippen molar-refractivity contribution in [1.29, 1.82) is 0 Å². The molecule has 1 aliphatic rings. The van der Waals surface area contributed by atoms with E-state index in [4.69, 9.17) is 0 Å². The number of benzene rings is 1. The number of phenolic OH excluding ortho intramolecular Hbond substituents is 1. The minimum atomic E-state index is 0.341. The summed E-state index contributed by atoms with van der Waals surface area (Å²) in [5.41, 5.74) is 1.30. The molecule has 2 rings (SSSR count). The molecule has 0 aliphatic carbocycles. The second kappa shape index (κ2) is 8.11. The van der Waals surface area contributed by atoms with Crippen LogP contribution in [0.15, 0.2) is 36.7 Å². The molecule has 1 atom stereocenters. The van der Waals surface area contributed by atoms with Gasteiger partial charge in [0.05, 0.1) is 5.82 Å². The first-order valence-electron chi connectivity index (χ1n) is 8.54. The summed E-state index contributed by atoms with van der Waals surface area (Å²) in [6.07, 6.45) is 4.96. The zero-order chi connectivity index (χ0) is 15.9. The summed E-state index contributed by atoms with van der Waals surface area (Å²) in [5.74, 6) is 2.82. The highest BCUT2D eigenvalue weighted by atomic mass is 16.3. The molecule has 1 heterocycles. The van der Waals surface area contributed by atoms with Gasteiger partial charge >= 0.3 is 0 Å². The van der Waals surface area contributed by atoms with E-state index in [-0.39, 0.29) is 0 Å². The van der Waals surface area contributed by atoms with Crippen LogP contribution in [0.5, 0.6) is 5.75 Å². The molecule has 122 valence electrons. The summed E-state index contributed by atoms with van der Waals surface area (Å²) < 4.78 is 0. The minimum absolute atomic E-state index is 0.341. The van der Waals surface area contributed by atoms with Crippen LogP contribution in [0.3, 0.4) is 0 Å². The van der Waals surface area contributed by atoms with Gasteiger partial charge in [-0.3, -0.25) is 0 Å². The zero-order valence-electron chi connectivity index (χ0n) is 14.0. The highest BCUT2D eigenvalue weighted by Crippen LogP contribution is 2.23. The largest absolute Gasteiger partial charge is 0.508 e. The molecule has 0 saturated carbocycles. The number of unbranched alkanes of at least 4 members (excludes halogenated alkanes) is 1. The summed E-state index contributed by atoms with van der Waals surface area (Å²) in [6.45, 7) is 11.9. The van der Waals surface area contributed by atoms with E-state index in [9.17, 15) is 5.11 Å². The molecule has 1 aromatic carbocycles. The summed E-state index contributed by atoms with van der Waals surface area (Å²) in [5, 5.41) is 12.8. The molecule has 2 N–H and O–H groups in total. The lowest BCUT2D eigenvalue weighted by Crippen LogP contribution is -2.49. The van der Waals surface area contributed by atoms with E-state index in [2.05, 4.69) is 30.6 Å². The molecule has 1 aliphatic heterocycles. The molecule has 1 aromatic rings. The summed E-state index contributed by atoms with van der Waals surface area (Å²) in [7, 11) is 0.